The van der Waals surface area contributed by atoms with E-state index in [2.05, 4.69) is 15.4 Å². The number of sulfonamides is 1. The quantitative estimate of drug-likeness (QED) is 0.775. The van der Waals surface area contributed by atoms with Gasteiger partial charge in [0.05, 0.1) is 5.69 Å². The van der Waals surface area contributed by atoms with Gasteiger partial charge in [0.2, 0.25) is 10.0 Å². The summed E-state index contributed by atoms with van der Waals surface area (Å²) in [5, 5.41) is 6.71. The van der Waals surface area contributed by atoms with Gasteiger partial charge in [-0.3, -0.25) is 0 Å². The first-order chi connectivity index (χ1) is 9.13. The van der Waals surface area contributed by atoms with Crippen LogP contribution in [-0.4, -0.2) is 34.6 Å². The summed E-state index contributed by atoms with van der Waals surface area (Å²) in [4.78, 5) is 0.307. The van der Waals surface area contributed by atoms with Gasteiger partial charge >= 0.3 is 0 Å². The first-order valence-corrected chi connectivity index (χ1v) is 8.11. The van der Waals surface area contributed by atoms with E-state index < -0.39 is 10.0 Å². The smallest absolute Gasteiger partial charge is 0.242 e. The van der Waals surface area contributed by atoms with E-state index >= 15 is 0 Å². The minimum atomic E-state index is -3.42. The fourth-order valence-electron chi connectivity index (χ4n) is 2.29. The van der Waals surface area contributed by atoms with Gasteiger partial charge in [-0.25, -0.2) is 13.1 Å². The van der Waals surface area contributed by atoms with Gasteiger partial charge in [0, 0.05) is 12.6 Å². The second-order valence-corrected chi connectivity index (χ2v) is 6.60. The van der Waals surface area contributed by atoms with Crippen molar-refractivity contribution in [1.29, 1.82) is 0 Å². The summed E-state index contributed by atoms with van der Waals surface area (Å²) in [6, 6.07) is 7.30. The van der Waals surface area contributed by atoms with Crippen LogP contribution in [-0.2, 0) is 10.0 Å². The highest BCUT2D eigenvalue weighted by Gasteiger charge is 2.18. The zero-order valence-corrected chi connectivity index (χ0v) is 12.0. The summed E-state index contributed by atoms with van der Waals surface area (Å²) >= 11 is 0. The van der Waals surface area contributed by atoms with Crippen molar-refractivity contribution in [2.24, 2.45) is 0 Å². The molecular formula is C13H21N3O2S. The van der Waals surface area contributed by atoms with E-state index in [0.717, 1.165) is 25.9 Å². The fourth-order valence-corrected chi connectivity index (χ4v) is 3.19. The molecule has 0 aliphatic carbocycles. The van der Waals surface area contributed by atoms with Crippen LogP contribution in [0.1, 0.15) is 19.3 Å². The summed E-state index contributed by atoms with van der Waals surface area (Å²) in [7, 11) is -1.99. The predicted octanol–water partition coefficient (Wildman–Crippen LogP) is 1.15. The maximum Gasteiger partial charge on any atom is 0.242 e. The van der Waals surface area contributed by atoms with Crippen LogP contribution >= 0.6 is 0 Å². The van der Waals surface area contributed by atoms with Crippen LogP contribution in [0.25, 0.3) is 0 Å². The molecular weight excluding hydrogens is 262 g/mol. The maximum absolute atomic E-state index is 12.0. The Morgan fingerprint density at radius 2 is 2.05 bits per heavy atom. The average Bonchev–Trinajstić information content (AvgIpc) is 2.68. The fraction of sp³-hybridized carbons (Fsp3) is 0.538. The lowest BCUT2D eigenvalue weighted by atomic mass is 10.1. The summed E-state index contributed by atoms with van der Waals surface area (Å²) < 4.78 is 26.3. The van der Waals surface area contributed by atoms with Crippen LogP contribution in [0.15, 0.2) is 29.2 Å². The molecule has 1 aliphatic heterocycles. The zero-order valence-electron chi connectivity index (χ0n) is 11.1. The second-order valence-electron chi connectivity index (χ2n) is 4.74. The molecule has 6 heteroatoms. The molecule has 1 heterocycles. The third-order valence-electron chi connectivity index (χ3n) is 3.35. The van der Waals surface area contributed by atoms with Crippen molar-refractivity contribution in [3.63, 3.8) is 0 Å². The molecule has 0 radical (unpaired) electrons. The Bertz CT molecular complexity index is 508. The van der Waals surface area contributed by atoms with Crippen LogP contribution in [0.2, 0.25) is 0 Å². The monoisotopic (exact) mass is 283 g/mol. The van der Waals surface area contributed by atoms with Gasteiger partial charge in [-0.2, -0.15) is 0 Å². The van der Waals surface area contributed by atoms with E-state index in [1.165, 1.54) is 13.5 Å². The highest BCUT2D eigenvalue weighted by atomic mass is 32.2. The van der Waals surface area contributed by atoms with Crippen LogP contribution in [0.5, 0.6) is 0 Å². The number of rotatable bonds is 4. The van der Waals surface area contributed by atoms with E-state index in [9.17, 15) is 8.42 Å². The van der Waals surface area contributed by atoms with Gasteiger partial charge in [0.25, 0.3) is 0 Å². The molecule has 19 heavy (non-hydrogen) atoms. The third-order valence-corrected chi connectivity index (χ3v) is 4.82. The Morgan fingerprint density at radius 1 is 1.26 bits per heavy atom. The SMILES string of the molecule is CNS(=O)(=O)c1ccccc1NC1CCCCNC1. The van der Waals surface area contributed by atoms with Crippen LogP contribution in [0.3, 0.4) is 0 Å². The van der Waals surface area contributed by atoms with Crippen molar-refractivity contribution in [3.8, 4) is 0 Å². The summed E-state index contributed by atoms with van der Waals surface area (Å²) in [5.74, 6) is 0. The lowest BCUT2D eigenvalue weighted by Gasteiger charge is -2.20. The average molecular weight is 283 g/mol. The van der Waals surface area contributed by atoms with Crippen LogP contribution in [0.4, 0.5) is 5.69 Å². The third kappa shape index (κ3) is 3.68. The Labute approximate surface area is 114 Å². The number of benzene rings is 1. The highest BCUT2D eigenvalue weighted by molar-refractivity contribution is 7.89. The predicted molar refractivity (Wildman–Crippen MR) is 76.8 cm³/mol. The molecule has 1 aliphatic rings. The molecule has 0 amide bonds. The summed E-state index contributed by atoms with van der Waals surface area (Å²) in [5.41, 5.74) is 0.672. The molecule has 1 aromatic carbocycles. The Kier molecular flexibility index (Phi) is 4.79. The molecule has 0 aromatic heterocycles. The lowest BCUT2D eigenvalue weighted by molar-refractivity contribution is 0.587. The van der Waals surface area contributed by atoms with E-state index in [1.807, 2.05) is 12.1 Å². The molecule has 1 atom stereocenters. The molecule has 0 spiro atoms. The van der Waals surface area contributed by atoms with Gasteiger partial charge in [-0.1, -0.05) is 18.6 Å². The first-order valence-electron chi connectivity index (χ1n) is 6.63. The van der Waals surface area contributed by atoms with Crippen molar-refractivity contribution < 1.29 is 8.42 Å². The largest absolute Gasteiger partial charge is 0.380 e. The van der Waals surface area contributed by atoms with E-state index in [4.69, 9.17) is 0 Å². The molecule has 0 saturated carbocycles. The van der Waals surface area contributed by atoms with Gasteiger partial charge in [-0.15, -0.1) is 0 Å². The molecule has 1 aromatic rings. The molecule has 3 N–H and O–H groups in total. The Balaban J connectivity index is 2.20. The van der Waals surface area contributed by atoms with Gasteiger partial charge in [0.15, 0.2) is 0 Å². The molecule has 106 valence electrons. The van der Waals surface area contributed by atoms with Crippen LogP contribution in [0, 0.1) is 0 Å². The number of hydrogen-bond donors (Lipinski definition) is 3. The maximum atomic E-state index is 12.0. The standard InChI is InChI=1S/C13H21N3O2S/c1-14-19(17,18)13-8-3-2-7-12(13)16-11-6-4-5-9-15-10-11/h2-3,7-8,11,14-16H,4-6,9-10H2,1H3. The number of hydrogen-bond acceptors (Lipinski definition) is 4. The highest BCUT2D eigenvalue weighted by Crippen LogP contribution is 2.22. The van der Waals surface area contributed by atoms with Crippen molar-refractivity contribution in [1.82, 2.24) is 10.0 Å². The van der Waals surface area contributed by atoms with E-state index in [0.29, 0.717) is 10.6 Å². The zero-order chi connectivity index (χ0) is 13.7. The molecule has 1 unspecified atom stereocenters. The second kappa shape index (κ2) is 6.36. The lowest BCUT2D eigenvalue weighted by Crippen LogP contribution is -2.32. The Morgan fingerprint density at radius 3 is 2.84 bits per heavy atom. The van der Waals surface area contributed by atoms with E-state index in [-0.39, 0.29) is 6.04 Å². The Hall–Kier alpha value is -1.11. The minimum absolute atomic E-state index is 0.274. The van der Waals surface area contributed by atoms with Gasteiger partial charge < -0.3 is 10.6 Å². The number of anilines is 1. The van der Waals surface area contributed by atoms with E-state index in [1.54, 1.807) is 12.1 Å². The van der Waals surface area contributed by atoms with Crippen LogP contribution < -0.4 is 15.4 Å². The van der Waals surface area contributed by atoms with Crippen molar-refractivity contribution in [2.75, 3.05) is 25.5 Å². The van der Waals surface area contributed by atoms with Crippen molar-refractivity contribution >= 4 is 15.7 Å². The normalized spacial score (nSPS) is 20.8. The summed E-state index contributed by atoms with van der Waals surface area (Å²) in [6.07, 6.45) is 3.39. The number of nitrogens with one attached hydrogen (secondary N) is 3. The molecule has 2 rings (SSSR count). The molecule has 5 nitrogen and oxygen atoms in total. The topological polar surface area (TPSA) is 70.2 Å². The minimum Gasteiger partial charge on any atom is -0.380 e. The first kappa shape index (κ1) is 14.3. The summed E-state index contributed by atoms with van der Waals surface area (Å²) in [6.45, 7) is 1.91. The van der Waals surface area contributed by atoms with Crippen molar-refractivity contribution in [3.05, 3.63) is 24.3 Å². The van der Waals surface area contributed by atoms with Gasteiger partial charge in [-0.05, 0) is 38.6 Å². The van der Waals surface area contributed by atoms with Gasteiger partial charge in [0.1, 0.15) is 4.90 Å². The number of para-hydroxylation sites is 1. The molecule has 0 bridgehead atoms. The van der Waals surface area contributed by atoms with Crippen molar-refractivity contribution in [2.45, 2.75) is 30.2 Å². The molecule has 1 saturated heterocycles. The molecule has 1 fully saturated rings.